The quantitative estimate of drug-likeness (QED) is 0.618. The molecular formula is C21H20OS. The van der Waals surface area contributed by atoms with E-state index in [1.54, 1.807) is 0 Å². The molecule has 0 fully saturated rings. The molecule has 0 radical (unpaired) electrons. The summed E-state index contributed by atoms with van der Waals surface area (Å²) in [6.07, 6.45) is 0. The predicted octanol–water partition coefficient (Wildman–Crippen LogP) is 5.36. The normalized spacial score (nSPS) is 13.4. The lowest BCUT2D eigenvalue weighted by molar-refractivity contribution is 0.675. The molecule has 0 saturated carbocycles. The fraction of sp³-hybridized carbons (Fsp3) is 0.143. The average molecular weight is 320 g/mol. The van der Waals surface area contributed by atoms with Gasteiger partial charge in [0.05, 0.1) is 5.25 Å². The van der Waals surface area contributed by atoms with E-state index in [1.165, 1.54) is 11.1 Å². The van der Waals surface area contributed by atoms with Crippen LogP contribution in [0.2, 0.25) is 0 Å². The standard InChI is InChI=1S/C21H20OS/c1-17(19-8-4-2-5-9-19)23(22)16-18-12-14-21(15-13-18)20-10-6-3-7-11-20/h2-15,17H,16H2,1H3. The molecule has 2 atom stereocenters. The average Bonchev–Trinajstić information content (AvgIpc) is 2.63. The summed E-state index contributed by atoms with van der Waals surface area (Å²) in [5.41, 5.74) is 4.65. The van der Waals surface area contributed by atoms with Gasteiger partial charge in [0.2, 0.25) is 0 Å². The monoisotopic (exact) mass is 320 g/mol. The Morgan fingerprint density at radius 2 is 1.26 bits per heavy atom. The summed E-state index contributed by atoms with van der Waals surface area (Å²) in [5.74, 6) is 0.588. The van der Waals surface area contributed by atoms with Crippen LogP contribution in [0.25, 0.3) is 11.1 Å². The van der Waals surface area contributed by atoms with E-state index >= 15 is 0 Å². The fourth-order valence-electron chi connectivity index (χ4n) is 2.59. The SMILES string of the molecule is CC(c1ccccc1)S(=O)Cc1ccc(-c2ccccc2)cc1. The van der Waals surface area contributed by atoms with Crippen molar-refractivity contribution in [1.82, 2.24) is 0 Å². The van der Waals surface area contributed by atoms with Gasteiger partial charge >= 0.3 is 0 Å². The van der Waals surface area contributed by atoms with Crippen molar-refractivity contribution >= 4 is 10.8 Å². The lowest BCUT2D eigenvalue weighted by Crippen LogP contribution is -2.05. The molecule has 1 nitrogen and oxygen atoms in total. The van der Waals surface area contributed by atoms with Gasteiger partial charge in [-0.3, -0.25) is 4.21 Å². The number of hydrogen-bond acceptors (Lipinski definition) is 1. The molecular weight excluding hydrogens is 300 g/mol. The van der Waals surface area contributed by atoms with Crippen LogP contribution in [0.5, 0.6) is 0 Å². The van der Waals surface area contributed by atoms with E-state index < -0.39 is 10.8 Å². The summed E-state index contributed by atoms with van der Waals surface area (Å²) in [4.78, 5) is 0. The Balaban J connectivity index is 1.70. The van der Waals surface area contributed by atoms with Crippen LogP contribution in [-0.4, -0.2) is 4.21 Å². The first-order valence-corrected chi connectivity index (χ1v) is 9.19. The molecule has 0 aliphatic heterocycles. The highest BCUT2D eigenvalue weighted by Gasteiger charge is 2.13. The second kappa shape index (κ2) is 7.38. The van der Waals surface area contributed by atoms with Gasteiger partial charge in [-0.1, -0.05) is 84.9 Å². The highest BCUT2D eigenvalue weighted by atomic mass is 32.2. The molecule has 0 amide bonds. The number of benzene rings is 3. The minimum Gasteiger partial charge on any atom is -0.259 e. The lowest BCUT2D eigenvalue weighted by atomic mass is 10.0. The molecule has 0 spiro atoms. The molecule has 116 valence electrons. The van der Waals surface area contributed by atoms with Crippen molar-refractivity contribution in [2.45, 2.75) is 17.9 Å². The maximum Gasteiger partial charge on any atom is 0.0572 e. The summed E-state index contributed by atoms with van der Waals surface area (Å²) in [5, 5.41) is 0.0463. The third-order valence-electron chi connectivity index (χ3n) is 4.03. The Hall–Kier alpha value is -2.19. The van der Waals surface area contributed by atoms with Crippen LogP contribution in [0, 0.1) is 0 Å². The molecule has 2 unspecified atom stereocenters. The molecule has 0 saturated heterocycles. The van der Waals surface area contributed by atoms with Crippen LogP contribution < -0.4 is 0 Å². The highest BCUT2D eigenvalue weighted by Crippen LogP contribution is 2.23. The van der Waals surface area contributed by atoms with E-state index in [0.29, 0.717) is 5.75 Å². The zero-order valence-electron chi connectivity index (χ0n) is 13.2. The summed E-state index contributed by atoms with van der Waals surface area (Å²) >= 11 is 0. The second-order valence-corrected chi connectivity index (χ2v) is 7.40. The summed E-state index contributed by atoms with van der Waals surface area (Å²) < 4.78 is 12.6. The predicted molar refractivity (Wildman–Crippen MR) is 98.6 cm³/mol. The minimum absolute atomic E-state index is 0.0463. The Labute approximate surface area is 140 Å². The van der Waals surface area contributed by atoms with Crippen molar-refractivity contribution in [2.75, 3.05) is 0 Å². The first-order valence-electron chi connectivity index (χ1n) is 7.80. The van der Waals surface area contributed by atoms with Crippen LogP contribution in [0.4, 0.5) is 0 Å². The van der Waals surface area contributed by atoms with E-state index in [9.17, 15) is 4.21 Å². The third-order valence-corrected chi connectivity index (χ3v) is 5.71. The van der Waals surface area contributed by atoms with E-state index in [0.717, 1.165) is 11.1 Å². The van der Waals surface area contributed by atoms with Crippen molar-refractivity contribution in [3.05, 3.63) is 96.1 Å². The van der Waals surface area contributed by atoms with Gasteiger partial charge in [-0.15, -0.1) is 0 Å². The largest absolute Gasteiger partial charge is 0.259 e. The second-order valence-electron chi connectivity index (χ2n) is 5.64. The van der Waals surface area contributed by atoms with Gasteiger partial charge in [-0.05, 0) is 29.2 Å². The molecule has 0 N–H and O–H groups in total. The minimum atomic E-state index is -0.918. The molecule has 3 rings (SSSR count). The van der Waals surface area contributed by atoms with Gasteiger partial charge in [0.25, 0.3) is 0 Å². The molecule has 0 heterocycles. The Bertz CT molecular complexity index is 764. The molecule has 2 heteroatoms. The van der Waals surface area contributed by atoms with Crippen molar-refractivity contribution in [1.29, 1.82) is 0 Å². The van der Waals surface area contributed by atoms with Crippen molar-refractivity contribution in [3.8, 4) is 11.1 Å². The zero-order valence-corrected chi connectivity index (χ0v) is 14.0. The van der Waals surface area contributed by atoms with Gasteiger partial charge in [-0.25, -0.2) is 0 Å². The summed E-state index contributed by atoms with van der Waals surface area (Å²) in [6.45, 7) is 2.03. The van der Waals surface area contributed by atoms with Gasteiger partial charge < -0.3 is 0 Å². The zero-order chi connectivity index (χ0) is 16.1. The van der Waals surface area contributed by atoms with Crippen LogP contribution in [-0.2, 0) is 16.6 Å². The number of hydrogen-bond donors (Lipinski definition) is 0. The molecule has 3 aromatic carbocycles. The van der Waals surface area contributed by atoms with E-state index in [-0.39, 0.29) is 5.25 Å². The van der Waals surface area contributed by atoms with E-state index in [2.05, 4.69) is 36.4 Å². The van der Waals surface area contributed by atoms with Gasteiger partial charge in [0, 0.05) is 16.6 Å². The number of rotatable bonds is 5. The third kappa shape index (κ3) is 3.96. The maximum atomic E-state index is 12.6. The molecule has 0 aliphatic rings. The van der Waals surface area contributed by atoms with Gasteiger partial charge in [0.15, 0.2) is 0 Å². The molecule has 23 heavy (non-hydrogen) atoms. The van der Waals surface area contributed by atoms with Crippen molar-refractivity contribution in [2.24, 2.45) is 0 Å². The van der Waals surface area contributed by atoms with Crippen LogP contribution >= 0.6 is 0 Å². The van der Waals surface area contributed by atoms with Crippen molar-refractivity contribution < 1.29 is 4.21 Å². The Morgan fingerprint density at radius 1 is 0.739 bits per heavy atom. The molecule has 0 aliphatic carbocycles. The van der Waals surface area contributed by atoms with Crippen LogP contribution in [0.1, 0.15) is 23.3 Å². The highest BCUT2D eigenvalue weighted by molar-refractivity contribution is 7.84. The molecule has 0 bridgehead atoms. The maximum absolute atomic E-state index is 12.6. The topological polar surface area (TPSA) is 17.1 Å². The molecule has 0 aromatic heterocycles. The Morgan fingerprint density at radius 3 is 1.87 bits per heavy atom. The summed E-state index contributed by atoms with van der Waals surface area (Å²) in [7, 11) is -0.918. The fourth-order valence-corrected chi connectivity index (χ4v) is 3.82. The van der Waals surface area contributed by atoms with Gasteiger partial charge in [0.1, 0.15) is 0 Å². The lowest BCUT2D eigenvalue weighted by Gasteiger charge is -2.12. The van der Waals surface area contributed by atoms with Crippen LogP contribution in [0.15, 0.2) is 84.9 Å². The first kappa shape index (κ1) is 15.7. The smallest absolute Gasteiger partial charge is 0.0572 e. The summed E-state index contributed by atoms with van der Waals surface area (Å²) in [6, 6.07) is 28.7. The van der Waals surface area contributed by atoms with Gasteiger partial charge in [-0.2, -0.15) is 0 Å². The van der Waals surface area contributed by atoms with Crippen LogP contribution in [0.3, 0.4) is 0 Å². The first-order chi connectivity index (χ1) is 11.2. The molecule has 3 aromatic rings. The Kier molecular flexibility index (Phi) is 5.04. The van der Waals surface area contributed by atoms with Crippen molar-refractivity contribution in [3.63, 3.8) is 0 Å². The van der Waals surface area contributed by atoms with E-state index in [4.69, 9.17) is 0 Å². The van der Waals surface area contributed by atoms with E-state index in [1.807, 2.05) is 55.5 Å².